The number of hydrogen-bond acceptors (Lipinski definition) is 7. The molecule has 0 saturated carbocycles. The maximum atomic E-state index is 13.1. The summed E-state index contributed by atoms with van der Waals surface area (Å²) >= 11 is 0. The number of benzene rings is 2. The monoisotopic (exact) mass is 401 g/mol. The van der Waals surface area contributed by atoms with Crippen molar-refractivity contribution in [1.82, 2.24) is 0 Å². The summed E-state index contributed by atoms with van der Waals surface area (Å²) in [5.41, 5.74) is 8.83. The lowest BCUT2D eigenvalue weighted by Crippen LogP contribution is -2.28. The first-order valence-corrected chi connectivity index (χ1v) is 10.7. The molecule has 146 valence electrons. The molecule has 0 spiro atoms. The van der Waals surface area contributed by atoms with Crippen molar-refractivity contribution in [3.05, 3.63) is 53.1 Å². The Kier molecular flexibility index (Phi) is 4.90. The molecule has 1 fully saturated rings. The van der Waals surface area contributed by atoms with Gasteiger partial charge in [-0.3, -0.25) is 4.79 Å². The minimum Gasteiger partial charge on any atom is -0.465 e. The number of ether oxygens (including phenoxy) is 1. The van der Waals surface area contributed by atoms with Gasteiger partial charge in [0.05, 0.1) is 29.8 Å². The number of hydrogen-bond donors (Lipinski definition) is 2. The fourth-order valence-corrected chi connectivity index (χ4v) is 5.29. The SMILES string of the molecule is Nc1ccc(S(=O)(=O)Cc2ccc3c(c2)B(O)OC3)c(CC2CCOC2=O)c1. The van der Waals surface area contributed by atoms with Crippen molar-refractivity contribution in [2.75, 3.05) is 12.3 Å². The minimum atomic E-state index is -3.68. The van der Waals surface area contributed by atoms with Gasteiger partial charge in [-0.2, -0.15) is 0 Å². The predicted molar refractivity (Wildman–Crippen MR) is 103 cm³/mol. The van der Waals surface area contributed by atoms with Gasteiger partial charge in [0.1, 0.15) is 0 Å². The van der Waals surface area contributed by atoms with Crippen molar-refractivity contribution in [3.8, 4) is 0 Å². The van der Waals surface area contributed by atoms with E-state index >= 15 is 0 Å². The Morgan fingerprint density at radius 2 is 2.04 bits per heavy atom. The Bertz CT molecular complexity index is 1040. The quantitative estimate of drug-likeness (QED) is 0.427. The Labute approximate surface area is 163 Å². The zero-order valence-electron chi connectivity index (χ0n) is 15.1. The zero-order valence-corrected chi connectivity index (χ0v) is 15.9. The van der Waals surface area contributed by atoms with Crippen LogP contribution in [0.15, 0.2) is 41.3 Å². The second-order valence-corrected chi connectivity index (χ2v) is 9.14. The number of nitrogen functional groups attached to an aromatic ring is 1. The number of rotatable bonds is 5. The lowest BCUT2D eigenvalue weighted by Gasteiger charge is -2.14. The molecule has 1 unspecified atom stereocenters. The average Bonchev–Trinajstić information content (AvgIpc) is 3.21. The zero-order chi connectivity index (χ0) is 19.9. The van der Waals surface area contributed by atoms with Crippen molar-refractivity contribution in [3.63, 3.8) is 0 Å². The molecule has 3 N–H and O–H groups in total. The van der Waals surface area contributed by atoms with E-state index in [2.05, 4.69) is 0 Å². The summed E-state index contributed by atoms with van der Waals surface area (Å²) in [6, 6.07) is 9.81. The molecule has 4 rings (SSSR count). The molecule has 0 amide bonds. The molecule has 9 heteroatoms. The summed E-state index contributed by atoms with van der Waals surface area (Å²) in [4.78, 5) is 12.0. The summed E-state index contributed by atoms with van der Waals surface area (Å²) in [6.45, 7) is 0.663. The molecular weight excluding hydrogens is 381 g/mol. The lowest BCUT2D eigenvalue weighted by atomic mass is 9.79. The lowest BCUT2D eigenvalue weighted by molar-refractivity contribution is -0.141. The standard InChI is InChI=1S/C19H20BNO6S/c21-16-3-4-18(15(9-16)8-13-5-6-26-19(13)22)28(24,25)11-12-1-2-14-10-27-20(23)17(14)7-12/h1-4,7,9,13,23H,5-6,8,10-11,21H2. The minimum absolute atomic E-state index is 0.165. The number of cyclic esters (lactones) is 1. The average molecular weight is 401 g/mol. The van der Waals surface area contributed by atoms with E-state index in [9.17, 15) is 18.2 Å². The molecule has 2 heterocycles. The number of carbonyl (C=O) groups is 1. The predicted octanol–water partition coefficient (Wildman–Crippen LogP) is 0.566. The van der Waals surface area contributed by atoms with Gasteiger partial charge in [0.15, 0.2) is 9.84 Å². The highest BCUT2D eigenvalue weighted by molar-refractivity contribution is 7.90. The third-order valence-electron chi connectivity index (χ3n) is 5.16. The van der Waals surface area contributed by atoms with Gasteiger partial charge in [-0.25, -0.2) is 8.42 Å². The third kappa shape index (κ3) is 3.65. The first-order chi connectivity index (χ1) is 13.3. The van der Waals surface area contributed by atoms with Crippen LogP contribution in [0.4, 0.5) is 5.69 Å². The van der Waals surface area contributed by atoms with E-state index in [1.807, 2.05) is 0 Å². The molecule has 2 aromatic carbocycles. The van der Waals surface area contributed by atoms with Crippen molar-refractivity contribution in [2.24, 2.45) is 5.92 Å². The molecule has 1 atom stereocenters. The highest BCUT2D eigenvalue weighted by Crippen LogP contribution is 2.28. The molecule has 28 heavy (non-hydrogen) atoms. The van der Waals surface area contributed by atoms with E-state index in [0.717, 1.165) is 5.56 Å². The molecule has 0 bridgehead atoms. The highest BCUT2D eigenvalue weighted by Gasteiger charge is 2.31. The summed E-state index contributed by atoms with van der Waals surface area (Å²) in [5.74, 6) is -0.889. The van der Waals surface area contributed by atoms with Crippen LogP contribution in [0.1, 0.15) is 23.1 Å². The van der Waals surface area contributed by atoms with Crippen LogP contribution in [0.2, 0.25) is 0 Å². The number of esters is 1. The van der Waals surface area contributed by atoms with Crippen LogP contribution in [0.3, 0.4) is 0 Å². The first-order valence-electron chi connectivity index (χ1n) is 9.02. The van der Waals surface area contributed by atoms with Crippen LogP contribution in [0, 0.1) is 5.92 Å². The molecule has 0 aliphatic carbocycles. The van der Waals surface area contributed by atoms with Gasteiger partial charge in [0.25, 0.3) is 0 Å². The number of anilines is 1. The third-order valence-corrected chi connectivity index (χ3v) is 6.94. The van der Waals surface area contributed by atoms with Crippen molar-refractivity contribution in [1.29, 1.82) is 0 Å². The van der Waals surface area contributed by atoms with Crippen LogP contribution in [-0.4, -0.2) is 33.1 Å². The molecule has 2 aliphatic rings. The molecule has 0 radical (unpaired) electrons. The second-order valence-electron chi connectivity index (χ2n) is 7.18. The van der Waals surface area contributed by atoms with Gasteiger partial charge >= 0.3 is 13.1 Å². The topological polar surface area (TPSA) is 116 Å². The van der Waals surface area contributed by atoms with E-state index in [1.165, 1.54) is 6.07 Å². The Balaban J connectivity index is 1.64. The van der Waals surface area contributed by atoms with Crippen LogP contribution >= 0.6 is 0 Å². The van der Waals surface area contributed by atoms with E-state index in [0.29, 0.717) is 41.9 Å². The largest absolute Gasteiger partial charge is 0.491 e. The molecule has 2 aliphatic heterocycles. The smallest absolute Gasteiger partial charge is 0.465 e. The Hall–Kier alpha value is -2.36. The number of carbonyl (C=O) groups excluding carboxylic acids is 1. The summed E-state index contributed by atoms with van der Waals surface area (Å²) < 4.78 is 36.4. The van der Waals surface area contributed by atoms with Crippen LogP contribution in [0.25, 0.3) is 0 Å². The molecular formula is C19H20BNO6S. The van der Waals surface area contributed by atoms with Gasteiger partial charge in [-0.05, 0) is 53.2 Å². The molecule has 0 aromatic heterocycles. The summed E-state index contributed by atoms with van der Waals surface area (Å²) in [5, 5.41) is 9.85. The van der Waals surface area contributed by atoms with E-state index in [1.54, 1.807) is 30.3 Å². The van der Waals surface area contributed by atoms with Crippen LogP contribution in [-0.2, 0) is 42.8 Å². The normalized spacial score (nSPS) is 19.0. The highest BCUT2D eigenvalue weighted by atomic mass is 32.2. The number of sulfone groups is 1. The summed E-state index contributed by atoms with van der Waals surface area (Å²) in [6.07, 6.45) is 0.838. The number of nitrogens with two attached hydrogens (primary N) is 1. The van der Waals surface area contributed by atoms with Crippen LogP contribution in [0.5, 0.6) is 0 Å². The molecule has 2 aromatic rings. The van der Waals surface area contributed by atoms with Gasteiger partial charge in [-0.15, -0.1) is 0 Å². The number of fused-ring (bicyclic) bond motifs is 1. The first kappa shape index (κ1) is 19.0. The van der Waals surface area contributed by atoms with Crippen molar-refractivity contribution < 1.29 is 27.6 Å². The van der Waals surface area contributed by atoms with Gasteiger partial charge in [-0.1, -0.05) is 18.2 Å². The maximum Gasteiger partial charge on any atom is 0.491 e. The molecule has 1 saturated heterocycles. The fraction of sp³-hybridized carbons (Fsp3) is 0.316. The van der Waals surface area contributed by atoms with Gasteiger partial charge in [0, 0.05) is 5.69 Å². The fourth-order valence-electron chi connectivity index (χ4n) is 3.70. The van der Waals surface area contributed by atoms with Crippen LogP contribution < -0.4 is 11.2 Å². The van der Waals surface area contributed by atoms with Gasteiger partial charge < -0.3 is 20.1 Å². The van der Waals surface area contributed by atoms with E-state index in [-0.39, 0.29) is 29.0 Å². The summed E-state index contributed by atoms with van der Waals surface area (Å²) in [7, 11) is -4.71. The van der Waals surface area contributed by atoms with Gasteiger partial charge in [0.2, 0.25) is 0 Å². The Morgan fingerprint density at radius 1 is 1.21 bits per heavy atom. The van der Waals surface area contributed by atoms with Crippen molar-refractivity contribution >= 4 is 34.1 Å². The Morgan fingerprint density at radius 3 is 2.79 bits per heavy atom. The van der Waals surface area contributed by atoms with E-state index < -0.39 is 17.0 Å². The second kappa shape index (κ2) is 7.23. The van der Waals surface area contributed by atoms with E-state index in [4.69, 9.17) is 15.1 Å². The molecule has 7 nitrogen and oxygen atoms in total. The maximum absolute atomic E-state index is 13.1. The van der Waals surface area contributed by atoms with Crippen molar-refractivity contribution in [2.45, 2.75) is 30.1 Å².